The van der Waals surface area contributed by atoms with Crippen LogP contribution in [0.1, 0.15) is 10.4 Å². The van der Waals surface area contributed by atoms with Crippen LogP contribution >= 0.6 is 19.6 Å². The topological polar surface area (TPSA) is 125 Å². The molecule has 1 heterocycles. The molecule has 1 aromatic carbocycles. The lowest BCUT2D eigenvalue weighted by Crippen LogP contribution is -2.47. The molecule has 4 N–H and O–H groups in total. The molecule has 1 atom stereocenters. The van der Waals surface area contributed by atoms with Crippen molar-refractivity contribution in [3.8, 4) is 5.75 Å². The van der Waals surface area contributed by atoms with Gasteiger partial charge in [-0.1, -0.05) is 0 Å². The van der Waals surface area contributed by atoms with Crippen LogP contribution in [0.5, 0.6) is 5.75 Å². The molecule has 1 fully saturated rings. The van der Waals surface area contributed by atoms with Gasteiger partial charge in [-0.3, -0.25) is 19.4 Å². The minimum atomic E-state index is -4.62. The van der Waals surface area contributed by atoms with Crippen LogP contribution in [0.4, 0.5) is 0 Å². The summed E-state index contributed by atoms with van der Waals surface area (Å²) in [6.45, 7) is 0.574. The van der Waals surface area contributed by atoms with Crippen LogP contribution in [0.2, 0.25) is 0 Å². The quantitative estimate of drug-likeness (QED) is 0.571. The van der Waals surface area contributed by atoms with Crippen molar-refractivity contribution < 1.29 is 28.5 Å². The van der Waals surface area contributed by atoms with Gasteiger partial charge in [-0.25, -0.2) is 4.57 Å². The monoisotopic (exact) mass is 346 g/mol. The van der Waals surface area contributed by atoms with Gasteiger partial charge in [0.2, 0.25) is 5.91 Å². The Morgan fingerprint density at radius 1 is 1.36 bits per heavy atom. The number of hydrogen-bond donors (Lipinski definition) is 4. The fraction of sp³-hybridized carbons (Fsp3) is 0.333. The minimum absolute atomic E-state index is 0.0485. The van der Waals surface area contributed by atoms with E-state index in [0.717, 1.165) is 5.75 Å². The maximum Gasteiger partial charge on any atom is 0.524 e. The predicted molar refractivity (Wildman–Crippen MR) is 80.7 cm³/mol. The lowest BCUT2D eigenvalue weighted by molar-refractivity contribution is -0.122. The first-order valence-corrected chi connectivity index (χ1v) is 9.05. The molecule has 1 aliphatic heterocycles. The molecule has 8 nitrogen and oxygen atoms in total. The van der Waals surface area contributed by atoms with E-state index in [9.17, 15) is 14.2 Å². The number of nitrogens with one attached hydrogen (secondary N) is 2. The van der Waals surface area contributed by atoms with E-state index in [4.69, 9.17) is 9.79 Å². The first-order valence-electron chi connectivity index (χ1n) is 6.37. The molecule has 0 saturated carbocycles. The average Bonchev–Trinajstić information content (AvgIpc) is 2.63. The lowest BCUT2D eigenvalue weighted by atomic mass is 10.2. The summed E-state index contributed by atoms with van der Waals surface area (Å²) in [5.41, 5.74) is 0.264. The Labute approximate surface area is 130 Å². The van der Waals surface area contributed by atoms with Gasteiger partial charge in [-0.2, -0.15) is 11.8 Å². The summed E-state index contributed by atoms with van der Waals surface area (Å²) < 4.78 is 15.1. The molecule has 1 saturated heterocycles. The highest BCUT2D eigenvalue weighted by molar-refractivity contribution is 7.99. The van der Waals surface area contributed by atoms with Gasteiger partial charge >= 0.3 is 7.82 Å². The summed E-state index contributed by atoms with van der Waals surface area (Å²) in [7, 11) is -4.62. The molecule has 0 bridgehead atoms. The van der Waals surface area contributed by atoms with E-state index in [-0.39, 0.29) is 17.2 Å². The Balaban J connectivity index is 2.00. The van der Waals surface area contributed by atoms with Crippen LogP contribution in [0, 0.1) is 0 Å². The number of phosphoric ester groups is 1. The van der Waals surface area contributed by atoms with Gasteiger partial charge in [0.15, 0.2) is 0 Å². The number of thioether (sulfide) groups is 1. The highest BCUT2D eigenvalue weighted by Crippen LogP contribution is 2.37. The van der Waals surface area contributed by atoms with E-state index in [2.05, 4.69) is 15.2 Å². The predicted octanol–water partition coefficient (Wildman–Crippen LogP) is 0.119. The fourth-order valence-electron chi connectivity index (χ4n) is 1.80. The normalized spacial score (nSPS) is 19.0. The molecule has 2 rings (SSSR count). The third-order valence-electron chi connectivity index (χ3n) is 2.79. The molecule has 0 aliphatic carbocycles. The molecule has 120 valence electrons. The standard InChI is InChI=1S/C12H15N2O6PS/c15-11(14-10-7-22-6-5-13-12(10)16)8-1-3-9(4-2-8)20-21(17,18)19/h1-4,10H,5-7H2,(H,13,16)(H,14,15)(H2,17,18,19). The molecule has 22 heavy (non-hydrogen) atoms. The van der Waals surface area contributed by atoms with E-state index in [1.54, 1.807) is 11.8 Å². The van der Waals surface area contributed by atoms with Crippen LogP contribution in [-0.2, 0) is 9.36 Å². The van der Waals surface area contributed by atoms with Crippen molar-refractivity contribution in [3.63, 3.8) is 0 Å². The van der Waals surface area contributed by atoms with Gasteiger partial charge in [0.1, 0.15) is 11.8 Å². The number of phosphoric acid groups is 1. The first-order chi connectivity index (χ1) is 10.3. The van der Waals surface area contributed by atoms with Crippen molar-refractivity contribution in [3.05, 3.63) is 29.8 Å². The fourth-order valence-corrected chi connectivity index (χ4v) is 3.08. The van der Waals surface area contributed by atoms with Crippen molar-refractivity contribution in [1.29, 1.82) is 0 Å². The summed E-state index contributed by atoms with van der Waals surface area (Å²) in [5, 5.41) is 5.33. The molecule has 1 unspecified atom stereocenters. The van der Waals surface area contributed by atoms with Gasteiger partial charge in [0.05, 0.1) is 0 Å². The van der Waals surface area contributed by atoms with Gasteiger partial charge < -0.3 is 15.2 Å². The Kier molecular flexibility index (Phi) is 5.47. The molecular formula is C12H15N2O6PS. The van der Waals surface area contributed by atoms with Gasteiger partial charge in [-0.05, 0) is 24.3 Å². The second kappa shape index (κ2) is 7.15. The van der Waals surface area contributed by atoms with Crippen LogP contribution in [-0.4, -0.2) is 45.7 Å². The third-order valence-corrected chi connectivity index (χ3v) is 4.30. The Morgan fingerprint density at radius 2 is 2.05 bits per heavy atom. The smallest absolute Gasteiger partial charge is 0.404 e. The van der Waals surface area contributed by atoms with Crippen molar-refractivity contribution in [2.45, 2.75) is 6.04 Å². The largest absolute Gasteiger partial charge is 0.524 e. The second-order valence-electron chi connectivity index (χ2n) is 4.50. The van der Waals surface area contributed by atoms with Crippen molar-refractivity contribution >= 4 is 31.4 Å². The van der Waals surface area contributed by atoms with Crippen molar-refractivity contribution in [2.24, 2.45) is 0 Å². The average molecular weight is 346 g/mol. The Hall–Kier alpha value is -1.54. The van der Waals surface area contributed by atoms with Crippen LogP contribution < -0.4 is 15.2 Å². The molecule has 0 radical (unpaired) electrons. The highest BCUT2D eigenvalue weighted by Gasteiger charge is 2.23. The maximum absolute atomic E-state index is 12.1. The number of carbonyl (C=O) groups is 2. The highest BCUT2D eigenvalue weighted by atomic mass is 32.2. The van der Waals surface area contributed by atoms with E-state index in [1.807, 2.05) is 0 Å². The summed E-state index contributed by atoms with van der Waals surface area (Å²) in [6, 6.07) is 4.67. The van der Waals surface area contributed by atoms with E-state index >= 15 is 0 Å². The Bertz CT molecular complexity index is 602. The summed E-state index contributed by atoms with van der Waals surface area (Å²) in [5.74, 6) is 0.585. The number of hydrogen-bond acceptors (Lipinski definition) is 5. The van der Waals surface area contributed by atoms with Crippen LogP contribution in [0.3, 0.4) is 0 Å². The van der Waals surface area contributed by atoms with E-state index in [1.165, 1.54) is 24.3 Å². The van der Waals surface area contributed by atoms with E-state index < -0.39 is 19.8 Å². The first kappa shape index (κ1) is 16.8. The number of amides is 2. The van der Waals surface area contributed by atoms with Crippen molar-refractivity contribution in [1.82, 2.24) is 10.6 Å². The molecule has 10 heteroatoms. The number of rotatable bonds is 4. The van der Waals surface area contributed by atoms with Crippen LogP contribution in [0.25, 0.3) is 0 Å². The molecule has 1 aromatic rings. The number of carbonyl (C=O) groups excluding carboxylic acids is 2. The zero-order chi connectivity index (χ0) is 16.2. The summed E-state index contributed by atoms with van der Waals surface area (Å²) in [6.07, 6.45) is 0. The Morgan fingerprint density at radius 3 is 2.68 bits per heavy atom. The number of benzene rings is 1. The van der Waals surface area contributed by atoms with E-state index in [0.29, 0.717) is 12.3 Å². The molecule has 2 amide bonds. The minimum Gasteiger partial charge on any atom is -0.404 e. The molecule has 1 aliphatic rings. The van der Waals surface area contributed by atoms with Crippen molar-refractivity contribution in [2.75, 3.05) is 18.1 Å². The van der Waals surface area contributed by atoms with Crippen LogP contribution in [0.15, 0.2) is 24.3 Å². The molecule has 0 spiro atoms. The molecule has 0 aromatic heterocycles. The zero-order valence-electron chi connectivity index (χ0n) is 11.4. The van der Waals surface area contributed by atoms with Gasteiger partial charge in [-0.15, -0.1) is 0 Å². The van der Waals surface area contributed by atoms with Gasteiger partial charge in [0.25, 0.3) is 5.91 Å². The molecular weight excluding hydrogens is 331 g/mol. The summed E-state index contributed by atoms with van der Waals surface area (Å²) in [4.78, 5) is 41.2. The second-order valence-corrected chi connectivity index (χ2v) is 6.81. The zero-order valence-corrected chi connectivity index (χ0v) is 13.1. The van der Waals surface area contributed by atoms with Gasteiger partial charge in [0, 0.05) is 23.6 Å². The summed E-state index contributed by atoms with van der Waals surface area (Å²) >= 11 is 1.57. The SMILES string of the molecule is O=C(NC1CSCCNC1=O)c1ccc(OP(=O)(O)O)cc1. The lowest BCUT2D eigenvalue weighted by Gasteiger charge is -2.15. The third kappa shape index (κ3) is 5.03. The maximum atomic E-state index is 12.1.